The largest absolute Gasteiger partial charge is 0.506 e. The lowest BCUT2D eigenvalue weighted by atomic mass is 10.0. The molecule has 1 heterocycles. The normalized spacial score (nSPS) is 21.9. The molecule has 0 aromatic heterocycles. The van der Waals surface area contributed by atoms with E-state index in [0.29, 0.717) is 17.5 Å². The van der Waals surface area contributed by atoms with Crippen molar-refractivity contribution < 1.29 is 15.0 Å². The minimum atomic E-state index is -0.207. The number of phenols is 1. The molecule has 1 saturated heterocycles. The van der Waals surface area contributed by atoms with Crippen molar-refractivity contribution in [3.63, 3.8) is 0 Å². The topological polar surface area (TPSA) is 60.8 Å². The molecule has 0 bridgehead atoms. The van der Waals surface area contributed by atoms with Crippen LogP contribution < -0.4 is 0 Å². The number of phenolic OH excluding ortho intramolecular Hbond substituents is 1. The standard InChI is InChI=1S/C17H19NO3/c1-11-8-9-18(15(11)10-19)17(21)14-7-6-12-4-2-3-5-13(12)16(14)20/h2-7,11,15,19-20H,8-10H2,1H3. The summed E-state index contributed by atoms with van der Waals surface area (Å²) in [6.07, 6.45) is 0.880. The molecule has 2 aromatic carbocycles. The Morgan fingerprint density at radius 1 is 1.29 bits per heavy atom. The van der Waals surface area contributed by atoms with Crippen LogP contribution in [0.3, 0.4) is 0 Å². The molecule has 0 spiro atoms. The molecule has 1 amide bonds. The number of carbonyl (C=O) groups is 1. The van der Waals surface area contributed by atoms with Crippen molar-refractivity contribution >= 4 is 16.7 Å². The van der Waals surface area contributed by atoms with Crippen LogP contribution in [0.1, 0.15) is 23.7 Å². The SMILES string of the molecule is CC1CCN(C(=O)c2ccc3ccccc3c2O)C1CO. The average molecular weight is 285 g/mol. The van der Waals surface area contributed by atoms with E-state index in [1.54, 1.807) is 17.0 Å². The van der Waals surface area contributed by atoms with Gasteiger partial charge in [-0.25, -0.2) is 0 Å². The third-order valence-corrected chi connectivity index (χ3v) is 4.46. The number of fused-ring (bicyclic) bond motifs is 1. The van der Waals surface area contributed by atoms with E-state index in [1.807, 2.05) is 31.2 Å². The molecule has 0 aliphatic carbocycles. The van der Waals surface area contributed by atoms with E-state index in [9.17, 15) is 15.0 Å². The molecule has 0 saturated carbocycles. The van der Waals surface area contributed by atoms with Gasteiger partial charge in [0.15, 0.2) is 0 Å². The second-order valence-electron chi connectivity index (χ2n) is 5.70. The van der Waals surface area contributed by atoms with E-state index >= 15 is 0 Å². The highest BCUT2D eigenvalue weighted by Gasteiger charge is 2.35. The lowest BCUT2D eigenvalue weighted by Gasteiger charge is -2.25. The Hall–Kier alpha value is -2.07. The van der Waals surface area contributed by atoms with Crippen LogP contribution in [-0.4, -0.2) is 40.2 Å². The Labute approximate surface area is 123 Å². The smallest absolute Gasteiger partial charge is 0.257 e. The molecule has 1 aliphatic rings. The monoisotopic (exact) mass is 285 g/mol. The molecular weight excluding hydrogens is 266 g/mol. The zero-order valence-corrected chi connectivity index (χ0v) is 12.0. The first-order valence-electron chi connectivity index (χ1n) is 7.26. The van der Waals surface area contributed by atoms with Crippen LogP contribution in [0.15, 0.2) is 36.4 Å². The van der Waals surface area contributed by atoms with Crippen LogP contribution in [0.5, 0.6) is 5.75 Å². The van der Waals surface area contributed by atoms with Gasteiger partial charge >= 0.3 is 0 Å². The van der Waals surface area contributed by atoms with Gasteiger partial charge in [0, 0.05) is 11.9 Å². The molecule has 2 aromatic rings. The van der Waals surface area contributed by atoms with E-state index in [1.165, 1.54) is 0 Å². The van der Waals surface area contributed by atoms with Gasteiger partial charge in [0.1, 0.15) is 5.75 Å². The Balaban J connectivity index is 2.00. The van der Waals surface area contributed by atoms with E-state index < -0.39 is 0 Å². The van der Waals surface area contributed by atoms with Crippen LogP contribution in [0, 0.1) is 5.92 Å². The molecule has 4 nitrogen and oxygen atoms in total. The molecule has 2 N–H and O–H groups in total. The second kappa shape index (κ2) is 5.37. The fourth-order valence-corrected chi connectivity index (χ4v) is 3.12. The van der Waals surface area contributed by atoms with Gasteiger partial charge in [0.25, 0.3) is 5.91 Å². The summed E-state index contributed by atoms with van der Waals surface area (Å²) in [4.78, 5) is 14.4. The Morgan fingerprint density at radius 2 is 2.05 bits per heavy atom. The lowest BCUT2D eigenvalue weighted by molar-refractivity contribution is 0.0645. The predicted molar refractivity (Wildman–Crippen MR) is 81.3 cm³/mol. The quantitative estimate of drug-likeness (QED) is 0.890. The number of hydrogen-bond donors (Lipinski definition) is 2. The zero-order chi connectivity index (χ0) is 15.0. The zero-order valence-electron chi connectivity index (χ0n) is 12.0. The molecular formula is C17H19NO3. The number of benzene rings is 2. The maximum atomic E-state index is 12.7. The molecule has 2 unspecified atom stereocenters. The van der Waals surface area contributed by atoms with Crippen molar-refractivity contribution in [1.29, 1.82) is 0 Å². The number of nitrogens with zero attached hydrogens (tertiary/aromatic N) is 1. The van der Waals surface area contributed by atoms with Crippen molar-refractivity contribution in [1.82, 2.24) is 4.90 Å². The number of rotatable bonds is 2. The predicted octanol–water partition coefficient (Wildman–Crippen LogP) is 2.39. The van der Waals surface area contributed by atoms with Crippen LogP contribution >= 0.6 is 0 Å². The first-order valence-corrected chi connectivity index (χ1v) is 7.26. The minimum Gasteiger partial charge on any atom is -0.506 e. The van der Waals surface area contributed by atoms with Gasteiger partial charge in [0.05, 0.1) is 18.2 Å². The molecule has 2 atom stereocenters. The number of amides is 1. The van der Waals surface area contributed by atoms with Crippen molar-refractivity contribution in [2.24, 2.45) is 5.92 Å². The van der Waals surface area contributed by atoms with E-state index in [4.69, 9.17) is 0 Å². The number of aromatic hydroxyl groups is 1. The summed E-state index contributed by atoms with van der Waals surface area (Å²) < 4.78 is 0. The third kappa shape index (κ3) is 2.25. The van der Waals surface area contributed by atoms with Crippen molar-refractivity contribution in [3.05, 3.63) is 42.0 Å². The minimum absolute atomic E-state index is 0.0225. The Kier molecular flexibility index (Phi) is 3.55. The summed E-state index contributed by atoms with van der Waals surface area (Å²) in [6, 6.07) is 10.8. The van der Waals surface area contributed by atoms with Crippen LogP contribution in [0.25, 0.3) is 10.8 Å². The van der Waals surface area contributed by atoms with Gasteiger partial charge in [-0.3, -0.25) is 4.79 Å². The van der Waals surface area contributed by atoms with Crippen LogP contribution in [-0.2, 0) is 0 Å². The van der Waals surface area contributed by atoms with Crippen LogP contribution in [0.2, 0.25) is 0 Å². The van der Waals surface area contributed by atoms with Gasteiger partial charge in [0.2, 0.25) is 0 Å². The fraction of sp³-hybridized carbons (Fsp3) is 0.353. The van der Waals surface area contributed by atoms with Crippen molar-refractivity contribution in [3.8, 4) is 5.75 Å². The highest BCUT2D eigenvalue weighted by Crippen LogP contribution is 2.32. The van der Waals surface area contributed by atoms with Gasteiger partial charge in [-0.05, 0) is 23.8 Å². The lowest BCUT2D eigenvalue weighted by Crippen LogP contribution is -2.39. The highest BCUT2D eigenvalue weighted by molar-refractivity contribution is 6.03. The number of hydrogen-bond acceptors (Lipinski definition) is 3. The van der Waals surface area contributed by atoms with E-state index in [2.05, 4.69) is 0 Å². The fourth-order valence-electron chi connectivity index (χ4n) is 3.12. The number of aliphatic hydroxyl groups excluding tert-OH is 1. The molecule has 1 aliphatic heterocycles. The summed E-state index contributed by atoms with van der Waals surface area (Å²) in [5, 5.41) is 21.5. The Morgan fingerprint density at radius 3 is 2.81 bits per heavy atom. The number of aliphatic hydroxyl groups is 1. The first kappa shape index (κ1) is 13.9. The number of carbonyl (C=O) groups excluding carboxylic acids is 1. The summed E-state index contributed by atoms with van der Waals surface area (Å²) >= 11 is 0. The van der Waals surface area contributed by atoms with E-state index in [0.717, 1.165) is 11.8 Å². The molecule has 4 heteroatoms. The maximum absolute atomic E-state index is 12.7. The average Bonchev–Trinajstić information content (AvgIpc) is 2.88. The van der Waals surface area contributed by atoms with Gasteiger partial charge in [-0.15, -0.1) is 0 Å². The Bertz CT molecular complexity index is 683. The van der Waals surface area contributed by atoms with E-state index in [-0.39, 0.29) is 30.2 Å². The summed E-state index contributed by atoms with van der Waals surface area (Å²) in [5.41, 5.74) is 0.307. The first-order chi connectivity index (χ1) is 10.1. The van der Waals surface area contributed by atoms with Crippen molar-refractivity contribution in [2.75, 3.05) is 13.2 Å². The summed E-state index contributed by atoms with van der Waals surface area (Å²) in [7, 11) is 0. The maximum Gasteiger partial charge on any atom is 0.257 e. The van der Waals surface area contributed by atoms with Crippen LogP contribution in [0.4, 0.5) is 0 Å². The molecule has 3 rings (SSSR count). The second-order valence-corrected chi connectivity index (χ2v) is 5.70. The molecule has 1 fully saturated rings. The van der Waals surface area contributed by atoms with Gasteiger partial charge in [-0.1, -0.05) is 37.3 Å². The number of likely N-dealkylation sites (tertiary alicyclic amines) is 1. The highest BCUT2D eigenvalue weighted by atomic mass is 16.3. The molecule has 21 heavy (non-hydrogen) atoms. The van der Waals surface area contributed by atoms with Gasteiger partial charge in [-0.2, -0.15) is 0 Å². The summed E-state index contributed by atoms with van der Waals surface area (Å²) in [6.45, 7) is 2.62. The molecule has 110 valence electrons. The molecule has 0 radical (unpaired) electrons. The van der Waals surface area contributed by atoms with Crippen molar-refractivity contribution in [2.45, 2.75) is 19.4 Å². The third-order valence-electron chi connectivity index (χ3n) is 4.46. The van der Waals surface area contributed by atoms with Gasteiger partial charge < -0.3 is 15.1 Å². The summed E-state index contributed by atoms with van der Waals surface area (Å²) in [5.74, 6) is 0.0949.